The van der Waals surface area contributed by atoms with Crippen molar-refractivity contribution in [2.75, 3.05) is 5.75 Å². The van der Waals surface area contributed by atoms with E-state index < -0.39 is 9.84 Å². The van der Waals surface area contributed by atoms with Gasteiger partial charge in [0.1, 0.15) is 0 Å². The molecule has 0 atom stereocenters. The van der Waals surface area contributed by atoms with Gasteiger partial charge in [-0.3, -0.25) is 4.98 Å². The van der Waals surface area contributed by atoms with Crippen LogP contribution in [-0.4, -0.2) is 19.2 Å². The van der Waals surface area contributed by atoms with Crippen molar-refractivity contribution in [1.29, 1.82) is 0 Å². The average Bonchev–Trinajstić information content (AvgIpc) is 2.15. The molecule has 1 aliphatic heterocycles. The third-order valence-corrected chi connectivity index (χ3v) is 4.14. The summed E-state index contributed by atoms with van der Waals surface area (Å²) < 4.78 is 22.8. The number of fused-ring (bicyclic) bond motifs is 1. The zero-order valence-corrected chi connectivity index (χ0v) is 8.97. The van der Waals surface area contributed by atoms with E-state index in [-0.39, 0.29) is 11.5 Å². The first-order chi connectivity index (χ1) is 6.61. The molecule has 0 aliphatic carbocycles. The average molecular weight is 211 g/mol. The van der Waals surface area contributed by atoms with Gasteiger partial charge in [0.2, 0.25) is 0 Å². The lowest BCUT2D eigenvalue weighted by molar-refractivity contribution is 0.591. The second-order valence-corrected chi connectivity index (χ2v) is 5.82. The molecule has 76 valence electrons. The fraction of sp³-hybridized carbons (Fsp3) is 0.500. The Morgan fingerprint density at radius 1 is 1.43 bits per heavy atom. The maximum absolute atomic E-state index is 11.4. The maximum atomic E-state index is 11.4. The Labute approximate surface area is 84.1 Å². The van der Waals surface area contributed by atoms with Gasteiger partial charge in [0.05, 0.1) is 11.5 Å². The van der Waals surface area contributed by atoms with Gasteiger partial charge in [0.25, 0.3) is 0 Å². The second-order valence-electron chi connectivity index (χ2n) is 3.64. The van der Waals surface area contributed by atoms with E-state index in [2.05, 4.69) is 4.98 Å². The Hall–Kier alpha value is -0.900. The van der Waals surface area contributed by atoms with E-state index in [0.717, 1.165) is 23.2 Å². The van der Waals surface area contributed by atoms with Gasteiger partial charge in [-0.2, -0.15) is 0 Å². The van der Waals surface area contributed by atoms with Crippen molar-refractivity contribution in [2.24, 2.45) is 0 Å². The van der Waals surface area contributed by atoms with Gasteiger partial charge >= 0.3 is 0 Å². The van der Waals surface area contributed by atoms with Crippen molar-refractivity contribution < 1.29 is 8.42 Å². The van der Waals surface area contributed by atoms with Crippen molar-refractivity contribution in [1.82, 2.24) is 4.98 Å². The lowest BCUT2D eigenvalue weighted by atomic mass is 10.1. The van der Waals surface area contributed by atoms with E-state index in [0.29, 0.717) is 6.42 Å². The standard InChI is InChI=1S/C10H13NO2S/c1-2-10-5-9-7-14(12,13)4-3-8(9)6-11-10/h5-6H,2-4,7H2,1H3. The van der Waals surface area contributed by atoms with E-state index in [4.69, 9.17) is 0 Å². The molecule has 4 heteroatoms. The van der Waals surface area contributed by atoms with Crippen LogP contribution in [0.15, 0.2) is 12.3 Å². The number of aromatic nitrogens is 1. The van der Waals surface area contributed by atoms with Gasteiger partial charge in [-0.1, -0.05) is 6.92 Å². The van der Waals surface area contributed by atoms with E-state index >= 15 is 0 Å². The van der Waals surface area contributed by atoms with Gasteiger partial charge < -0.3 is 0 Å². The molecule has 0 spiro atoms. The number of aryl methyl sites for hydroxylation is 2. The van der Waals surface area contributed by atoms with E-state index in [1.54, 1.807) is 0 Å². The zero-order chi connectivity index (χ0) is 10.2. The lowest BCUT2D eigenvalue weighted by Gasteiger charge is -2.16. The van der Waals surface area contributed by atoms with Crippen LogP contribution in [0.1, 0.15) is 23.7 Å². The second kappa shape index (κ2) is 3.35. The van der Waals surface area contributed by atoms with Crippen LogP contribution >= 0.6 is 0 Å². The molecule has 0 unspecified atom stereocenters. The Bertz CT molecular complexity index is 451. The number of pyridine rings is 1. The predicted molar refractivity (Wildman–Crippen MR) is 54.8 cm³/mol. The quantitative estimate of drug-likeness (QED) is 0.699. The third-order valence-electron chi connectivity index (χ3n) is 2.56. The summed E-state index contributed by atoms with van der Waals surface area (Å²) in [7, 11) is -2.85. The van der Waals surface area contributed by atoms with Crippen molar-refractivity contribution in [2.45, 2.75) is 25.5 Å². The van der Waals surface area contributed by atoms with Crippen LogP contribution in [0.3, 0.4) is 0 Å². The summed E-state index contributed by atoms with van der Waals surface area (Å²) in [5, 5.41) is 0. The minimum Gasteiger partial charge on any atom is -0.261 e. The fourth-order valence-corrected chi connectivity index (χ4v) is 3.12. The van der Waals surface area contributed by atoms with Gasteiger partial charge in [-0.05, 0) is 30.0 Å². The molecule has 0 amide bonds. The normalized spacial score (nSPS) is 18.9. The highest BCUT2D eigenvalue weighted by atomic mass is 32.2. The fourth-order valence-electron chi connectivity index (χ4n) is 1.70. The summed E-state index contributed by atoms with van der Waals surface area (Å²) in [5.41, 5.74) is 3.01. The molecule has 0 saturated carbocycles. The van der Waals surface area contributed by atoms with Gasteiger partial charge in [-0.15, -0.1) is 0 Å². The van der Waals surface area contributed by atoms with E-state index in [9.17, 15) is 8.42 Å². The highest BCUT2D eigenvalue weighted by Gasteiger charge is 2.21. The maximum Gasteiger partial charge on any atom is 0.154 e. The molecule has 0 radical (unpaired) electrons. The lowest BCUT2D eigenvalue weighted by Crippen LogP contribution is -2.19. The molecule has 0 bridgehead atoms. The van der Waals surface area contributed by atoms with Crippen molar-refractivity contribution >= 4 is 9.84 Å². The summed E-state index contributed by atoms with van der Waals surface area (Å²) in [5.74, 6) is 0.463. The molecular weight excluding hydrogens is 198 g/mol. The van der Waals surface area contributed by atoms with Crippen molar-refractivity contribution in [3.63, 3.8) is 0 Å². The van der Waals surface area contributed by atoms with Crippen molar-refractivity contribution in [3.05, 3.63) is 29.1 Å². The largest absolute Gasteiger partial charge is 0.261 e. The first-order valence-electron chi connectivity index (χ1n) is 4.78. The summed E-state index contributed by atoms with van der Waals surface area (Å²) in [6.07, 6.45) is 3.30. The summed E-state index contributed by atoms with van der Waals surface area (Å²) in [6.45, 7) is 2.02. The van der Waals surface area contributed by atoms with Gasteiger partial charge in [-0.25, -0.2) is 8.42 Å². The summed E-state index contributed by atoms with van der Waals surface area (Å²) >= 11 is 0. The summed E-state index contributed by atoms with van der Waals surface area (Å²) in [4.78, 5) is 4.26. The van der Waals surface area contributed by atoms with E-state index in [1.807, 2.05) is 19.2 Å². The minimum absolute atomic E-state index is 0.192. The topological polar surface area (TPSA) is 47.0 Å². The molecule has 0 aromatic carbocycles. The predicted octanol–water partition coefficient (Wildman–Crippen LogP) is 1.11. The molecule has 2 heterocycles. The van der Waals surface area contributed by atoms with E-state index in [1.165, 1.54) is 0 Å². The molecule has 3 nitrogen and oxygen atoms in total. The van der Waals surface area contributed by atoms with Gasteiger partial charge in [0.15, 0.2) is 9.84 Å². The highest BCUT2D eigenvalue weighted by molar-refractivity contribution is 7.90. The SMILES string of the molecule is CCc1cc2c(cn1)CCS(=O)(=O)C2. The Morgan fingerprint density at radius 3 is 2.93 bits per heavy atom. The number of rotatable bonds is 1. The molecule has 1 aromatic rings. The minimum atomic E-state index is -2.85. The first kappa shape index (κ1) is 9.65. The Balaban J connectivity index is 2.44. The summed E-state index contributed by atoms with van der Waals surface area (Å²) in [6, 6.07) is 1.92. The molecule has 1 aliphatic rings. The molecule has 0 N–H and O–H groups in total. The smallest absolute Gasteiger partial charge is 0.154 e. The van der Waals surface area contributed by atoms with Crippen LogP contribution in [0.5, 0.6) is 0 Å². The monoisotopic (exact) mass is 211 g/mol. The van der Waals surface area contributed by atoms with Crippen LogP contribution in [0.25, 0.3) is 0 Å². The van der Waals surface area contributed by atoms with Crippen LogP contribution in [0.4, 0.5) is 0 Å². The highest BCUT2D eigenvalue weighted by Crippen LogP contribution is 2.20. The van der Waals surface area contributed by atoms with Gasteiger partial charge in [0, 0.05) is 11.9 Å². The van der Waals surface area contributed by atoms with Crippen LogP contribution in [0.2, 0.25) is 0 Å². The number of hydrogen-bond acceptors (Lipinski definition) is 3. The number of nitrogens with zero attached hydrogens (tertiary/aromatic N) is 1. The Morgan fingerprint density at radius 2 is 2.21 bits per heavy atom. The zero-order valence-electron chi connectivity index (χ0n) is 8.16. The number of hydrogen-bond donors (Lipinski definition) is 0. The van der Waals surface area contributed by atoms with Crippen LogP contribution in [0, 0.1) is 0 Å². The molecule has 1 aromatic heterocycles. The van der Waals surface area contributed by atoms with Crippen molar-refractivity contribution in [3.8, 4) is 0 Å². The van der Waals surface area contributed by atoms with Crippen LogP contribution in [-0.2, 0) is 28.4 Å². The third kappa shape index (κ3) is 1.80. The molecule has 14 heavy (non-hydrogen) atoms. The Kier molecular flexibility index (Phi) is 2.31. The molecular formula is C10H13NO2S. The molecule has 2 rings (SSSR count). The van der Waals surface area contributed by atoms with Crippen LogP contribution < -0.4 is 0 Å². The number of sulfone groups is 1. The first-order valence-corrected chi connectivity index (χ1v) is 6.60. The molecule has 0 fully saturated rings. The molecule has 0 saturated heterocycles.